The lowest BCUT2D eigenvalue weighted by Gasteiger charge is -2.40. The van der Waals surface area contributed by atoms with Gasteiger partial charge in [0, 0.05) is 12.8 Å². The summed E-state index contributed by atoms with van der Waals surface area (Å²) in [6.07, 6.45) is 37.3. The molecule has 0 aromatic carbocycles. The van der Waals surface area contributed by atoms with E-state index in [-0.39, 0.29) is 19.4 Å². The van der Waals surface area contributed by atoms with E-state index in [0.717, 1.165) is 44.9 Å². The molecule has 1 aliphatic heterocycles. The normalized spacial score (nSPS) is 20.3. The molecule has 0 radical (unpaired) electrons. The maximum Gasteiger partial charge on any atom is 0.306 e. The lowest BCUT2D eigenvalue weighted by atomic mass is 10.00. The molecule has 1 fully saturated rings. The first-order chi connectivity index (χ1) is 30.0. The van der Waals surface area contributed by atoms with E-state index in [9.17, 15) is 37.9 Å². The second-order valence-electron chi connectivity index (χ2n) is 16.8. The Morgan fingerprint density at radius 2 is 0.984 bits per heavy atom. The van der Waals surface area contributed by atoms with Gasteiger partial charge >= 0.3 is 11.9 Å². The number of rotatable bonds is 40. The van der Waals surface area contributed by atoms with Crippen molar-refractivity contribution in [2.75, 3.05) is 19.0 Å². The summed E-state index contributed by atoms with van der Waals surface area (Å²) in [7, 11) is -4.61. The maximum absolute atomic E-state index is 12.8. The Balaban J connectivity index is 2.45. The Kier molecular flexibility index (Phi) is 36.3. The number of unbranched alkanes of at least 4 members (excludes halogenated alkanes) is 20. The van der Waals surface area contributed by atoms with Gasteiger partial charge < -0.3 is 34.3 Å². The van der Waals surface area contributed by atoms with Crippen molar-refractivity contribution in [3.63, 3.8) is 0 Å². The Morgan fingerprint density at radius 3 is 1.52 bits per heavy atom. The van der Waals surface area contributed by atoms with Crippen LogP contribution in [0.1, 0.15) is 194 Å². The summed E-state index contributed by atoms with van der Waals surface area (Å²) in [4.78, 5) is 25.4. The summed E-state index contributed by atoms with van der Waals surface area (Å²) in [5, 5.41) is 30.9. The summed E-state index contributed by atoms with van der Waals surface area (Å²) >= 11 is 0. The monoisotopic (exact) mass is 899 g/mol. The van der Waals surface area contributed by atoms with Gasteiger partial charge in [-0.25, -0.2) is 0 Å². The number of ether oxygens (including phenoxy) is 4. The fraction of sp³-hybridized carbons (Fsp3) is 0.796. The molecule has 62 heavy (non-hydrogen) atoms. The summed E-state index contributed by atoms with van der Waals surface area (Å²) in [5.41, 5.74) is 0. The lowest BCUT2D eigenvalue weighted by Crippen LogP contribution is -2.60. The van der Waals surface area contributed by atoms with Crippen LogP contribution in [0.25, 0.3) is 0 Å². The van der Waals surface area contributed by atoms with Crippen LogP contribution in [-0.2, 0) is 38.7 Å². The molecule has 1 rings (SSSR count). The van der Waals surface area contributed by atoms with E-state index in [4.69, 9.17) is 18.9 Å². The van der Waals surface area contributed by atoms with Gasteiger partial charge in [0.1, 0.15) is 36.8 Å². The smallest absolute Gasteiger partial charge is 0.306 e. The molecule has 0 amide bonds. The summed E-state index contributed by atoms with van der Waals surface area (Å²) in [6.45, 7) is 3.71. The highest BCUT2D eigenvalue weighted by Crippen LogP contribution is 2.24. The summed E-state index contributed by atoms with van der Waals surface area (Å²) in [6, 6.07) is 0. The van der Waals surface area contributed by atoms with Gasteiger partial charge in [-0.15, -0.1) is 0 Å². The third-order valence-corrected chi connectivity index (χ3v) is 11.6. The molecule has 2 unspecified atom stereocenters. The van der Waals surface area contributed by atoms with E-state index in [1.54, 1.807) is 0 Å². The molecule has 13 heteroatoms. The van der Waals surface area contributed by atoms with Crippen molar-refractivity contribution < 1.29 is 56.8 Å². The van der Waals surface area contributed by atoms with Crippen molar-refractivity contribution >= 4 is 22.1 Å². The van der Waals surface area contributed by atoms with Gasteiger partial charge in [0.2, 0.25) is 0 Å². The number of hydrogen-bond donors (Lipinski definition) is 4. The van der Waals surface area contributed by atoms with E-state index in [1.807, 2.05) is 6.08 Å². The van der Waals surface area contributed by atoms with E-state index in [2.05, 4.69) is 56.4 Å². The zero-order valence-electron chi connectivity index (χ0n) is 38.5. The number of aliphatic hydroxyl groups excluding tert-OH is 3. The van der Waals surface area contributed by atoms with E-state index in [0.29, 0.717) is 19.3 Å². The van der Waals surface area contributed by atoms with Crippen molar-refractivity contribution in [3.8, 4) is 0 Å². The molecule has 12 nitrogen and oxygen atoms in total. The third-order valence-electron chi connectivity index (χ3n) is 10.9. The maximum atomic E-state index is 12.8. The molecule has 1 aliphatic rings. The van der Waals surface area contributed by atoms with Crippen LogP contribution in [0.2, 0.25) is 0 Å². The minimum atomic E-state index is -4.61. The second-order valence-corrected chi connectivity index (χ2v) is 18.3. The van der Waals surface area contributed by atoms with Crippen molar-refractivity contribution in [1.82, 2.24) is 0 Å². The minimum absolute atomic E-state index is 0.146. The Labute approximate surface area is 375 Å². The van der Waals surface area contributed by atoms with E-state index in [1.165, 1.54) is 103 Å². The van der Waals surface area contributed by atoms with Crippen LogP contribution in [-0.4, -0.2) is 96.0 Å². The first-order valence-corrected chi connectivity index (χ1v) is 25.8. The van der Waals surface area contributed by atoms with Crippen LogP contribution in [0.15, 0.2) is 48.6 Å². The first kappa shape index (κ1) is 57.6. The largest absolute Gasteiger partial charge is 0.462 e. The molecule has 4 N–H and O–H groups in total. The van der Waals surface area contributed by atoms with Gasteiger partial charge in [0.05, 0.1) is 6.61 Å². The molecule has 0 bridgehead atoms. The van der Waals surface area contributed by atoms with Crippen molar-refractivity contribution in [2.45, 2.75) is 230 Å². The predicted molar refractivity (Wildman–Crippen MR) is 247 cm³/mol. The standard InChI is InChI=1S/C49H86O12S/c1-3-5-7-9-11-13-15-17-19-21-23-25-27-29-31-33-35-37-44(50)58-39-42(40-59-49-48(54)47(53)46(52)43(61-49)41-62(55,56)57)60-45(51)38-36-34-32-30-28-26-24-22-20-18-16-14-12-10-8-6-4-2/h14,16-17,19,23,25,29,31,42-43,46-49,52-54H,3-13,15,18,20-22,24,26-28,30,32-41H2,1-2H3,(H,55,56,57)/b16-14+,19-17+,25-23+,31-29+/t42-,43-,46-,47?,48?,49+/m1/s1. The summed E-state index contributed by atoms with van der Waals surface area (Å²) < 4.78 is 54.1. The SMILES string of the molecule is CCCCCC/C=C/CCCCCCCCCCCC(=O)O[C@H](COC(=O)CCC/C=C/C/C=C/C/C=C/CCCCCCCC)CO[C@H]1O[C@H](CS(=O)(=O)O)[C@@H](O)C(O)C1O. The Hall–Kier alpha value is -2.39. The molecule has 0 aromatic rings. The molecule has 0 saturated carbocycles. The number of aliphatic hydroxyl groups is 3. The number of hydrogen-bond acceptors (Lipinski definition) is 11. The zero-order valence-corrected chi connectivity index (χ0v) is 39.3. The number of carbonyl (C=O) groups excluding carboxylic acids is 2. The highest BCUT2D eigenvalue weighted by atomic mass is 32.2. The van der Waals surface area contributed by atoms with Crippen LogP contribution in [0, 0.1) is 0 Å². The number of carbonyl (C=O) groups is 2. The van der Waals surface area contributed by atoms with Gasteiger partial charge in [-0.05, 0) is 70.6 Å². The van der Waals surface area contributed by atoms with Gasteiger partial charge in [-0.1, -0.05) is 159 Å². The van der Waals surface area contributed by atoms with Crippen molar-refractivity contribution in [3.05, 3.63) is 48.6 Å². The zero-order chi connectivity index (χ0) is 45.5. The van der Waals surface area contributed by atoms with Crippen LogP contribution >= 0.6 is 0 Å². The molecular formula is C49H86O12S. The fourth-order valence-corrected chi connectivity index (χ4v) is 7.79. The van der Waals surface area contributed by atoms with Gasteiger partial charge in [-0.2, -0.15) is 8.42 Å². The molecule has 1 saturated heterocycles. The number of esters is 2. The van der Waals surface area contributed by atoms with Gasteiger partial charge in [0.15, 0.2) is 12.4 Å². The molecule has 360 valence electrons. The lowest BCUT2D eigenvalue weighted by molar-refractivity contribution is -0.297. The Morgan fingerprint density at radius 1 is 0.548 bits per heavy atom. The highest BCUT2D eigenvalue weighted by molar-refractivity contribution is 7.85. The van der Waals surface area contributed by atoms with Crippen LogP contribution < -0.4 is 0 Å². The summed E-state index contributed by atoms with van der Waals surface area (Å²) in [5.74, 6) is -2.05. The molecule has 6 atom stereocenters. The average molecular weight is 899 g/mol. The topological polar surface area (TPSA) is 186 Å². The fourth-order valence-electron chi connectivity index (χ4n) is 7.10. The quantitative estimate of drug-likeness (QED) is 0.0198. The van der Waals surface area contributed by atoms with Crippen LogP contribution in [0.3, 0.4) is 0 Å². The first-order valence-electron chi connectivity index (χ1n) is 24.2. The molecule has 0 spiro atoms. The number of allylic oxidation sites excluding steroid dienone is 8. The third kappa shape index (κ3) is 33.2. The minimum Gasteiger partial charge on any atom is -0.462 e. The predicted octanol–water partition coefficient (Wildman–Crippen LogP) is 10.3. The van der Waals surface area contributed by atoms with Crippen molar-refractivity contribution in [1.29, 1.82) is 0 Å². The van der Waals surface area contributed by atoms with Crippen LogP contribution in [0.5, 0.6) is 0 Å². The average Bonchev–Trinajstić information content (AvgIpc) is 3.24. The molecule has 1 heterocycles. The molecule has 0 aliphatic carbocycles. The van der Waals surface area contributed by atoms with Gasteiger partial charge in [0.25, 0.3) is 10.1 Å². The molecule has 0 aromatic heterocycles. The van der Waals surface area contributed by atoms with Crippen LogP contribution in [0.4, 0.5) is 0 Å². The second kappa shape index (κ2) is 39.0. The molecular weight excluding hydrogens is 813 g/mol. The van der Waals surface area contributed by atoms with Gasteiger partial charge in [-0.3, -0.25) is 14.1 Å². The van der Waals surface area contributed by atoms with E-state index < -0.39 is 71.2 Å². The highest BCUT2D eigenvalue weighted by Gasteiger charge is 2.46. The Bertz CT molecular complexity index is 1330. The van der Waals surface area contributed by atoms with E-state index >= 15 is 0 Å². The van der Waals surface area contributed by atoms with Crippen molar-refractivity contribution in [2.24, 2.45) is 0 Å².